The number of anilines is 1. The third kappa shape index (κ3) is 3.96. The van der Waals surface area contributed by atoms with Crippen molar-refractivity contribution >= 4 is 17.5 Å². The van der Waals surface area contributed by atoms with Gasteiger partial charge in [0.25, 0.3) is 0 Å². The summed E-state index contributed by atoms with van der Waals surface area (Å²) in [6.07, 6.45) is 4.20. The van der Waals surface area contributed by atoms with Gasteiger partial charge in [-0.1, -0.05) is 31.5 Å². The summed E-state index contributed by atoms with van der Waals surface area (Å²) in [6.45, 7) is 5.53. The van der Waals surface area contributed by atoms with Crippen molar-refractivity contribution in [2.45, 2.75) is 32.6 Å². The molecule has 0 bridgehead atoms. The average molecular weight is 329 g/mol. The van der Waals surface area contributed by atoms with Gasteiger partial charge in [0, 0.05) is 37.8 Å². The second-order valence-electron chi connectivity index (χ2n) is 6.79. The van der Waals surface area contributed by atoms with Crippen LogP contribution in [0.5, 0.6) is 0 Å². The summed E-state index contributed by atoms with van der Waals surface area (Å²) in [5.74, 6) is 0.613. The number of hydrogen-bond donors (Lipinski definition) is 1. The molecule has 130 valence electrons. The zero-order valence-electron chi connectivity index (χ0n) is 14.5. The Hall–Kier alpha value is -1.88. The molecule has 2 fully saturated rings. The van der Waals surface area contributed by atoms with Crippen LogP contribution in [-0.4, -0.2) is 54.3 Å². The van der Waals surface area contributed by atoms with E-state index in [1.807, 2.05) is 29.2 Å². The Kier molecular flexibility index (Phi) is 5.51. The fourth-order valence-corrected chi connectivity index (χ4v) is 3.38. The van der Waals surface area contributed by atoms with Crippen LogP contribution in [0.3, 0.4) is 0 Å². The van der Waals surface area contributed by atoms with Crippen molar-refractivity contribution in [3.05, 3.63) is 29.8 Å². The third-order valence-electron chi connectivity index (χ3n) is 5.18. The predicted octanol–water partition coefficient (Wildman–Crippen LogP) is 2.13. The lowest BCUT2D eigenvalue weighted by atomic mass is 9.84. The van der Waals surface area contributed by atoms with E-state index in [9.17, 15) is 9.59 Å². The zero-order valence-corrected chi connectivity index (χ0v) is 14.5. The molecule has 2 aliphatic rings. The van der Waals surface area contributed by atoms with Crippen LogP contribution in [0.2, 0.25) is 0 Å². The highest BCUT2D eigenvalue weighted by Gasteiger charge is 2.31. The SMILES string of the molecule is CCc1ccccc1NC(=O)CN1CCN(C(=O)C2CCC2)CC1. The van der Waals surface area contributed by atoms with Crippen molar-refractivity contribution in [3.8, 4) is 0 Å². The number of amides is 2. The lowest BCUT2D eigenvalue weighted by Gasteiger charge is -2.38. The van der Waals surface area contributed by atoms with Gasteiger partial charge >= 0.3 is 0 Å². The Morgan fingerprint density at radius 1 is 1.12 bits per heavy atom. The molecule has 1 saturated heterocycles. The lowest BCUT2D eigenvalue weighted by Crippen LogP contribution is -2.52. The van der Waals surface area contributed by atoms with Crippen molar-refractivity contribution in [1.29, 1.82) is 0 Å². The van der Waals surface area contributed by atoms with Crippen LogP contribution in [0.4, 0.5) is 5.69 Å². The summed E-state index contributed by atoms with van der Waals surface area (Å²) in [4.78, 5) is 28.7. The lowest BCUT2D eigenvalue weighted by molar-refractivity contribution is -0.140. The molecule has 1 heterocycles. The maximum Gasteiger partial charge on any atom is 0.238 e. The molecule has 0 aromatic heterocycles. The standard InChI is InChI=1S/C19H27N3O2/c1-2-15-6-3-4-9-17(15)20-18(23)14-21-10-12-22(13-11-21)19(24)16-7-5-8-16/h3-4,6,9,16H,2,5,7-8,10-14H2,1H3,(H,20,23). The van der Waals surface area contributed by atoms with Crippen molar-refractivity contribution in [2.75, 3.05) is 38.0 Å². The van der Waals surface area contributed by atoms with E-state index in [-0.39, 0.29) is 11.8 Å². The van der Waals surface area contributed by atoms with Gasteiger partial charge in [0.1, 0.15) is 0 Å². The normalized spacial score (nSPS) is 19.0. The van der Waals surface area contributed by atoms with Crippen molar-refractivity contribution in [3.63, 3.8) is 0 Å². The summed E-state index contributed by atoms with van der Waals surface area (Å²) in [7, 11) is 0. The van der Waals surface area contributed by atoms with Gasteiger partial charge in [0.2, 0.25) is 11.8 Å². The summed E-state index contributed by atoms with van der Waals surface area (Å²) in [5.41, 5.74) is 2.06. The largest absolute Gasteiger partial charge is 0.340 e. The molecule has 1 N–H and O–H groups in total. The van der Waals surface area contributed by atoms with Gasteiger partial charge in [-0.25, -0.2) is 0 Å². The highest BCUT2D eigenvalue weighted by molar-refractivity contribution is 5.93. The maximum absolute atomic E-state index is 12.3. The van der Waals surface area contributed by atoms with Gasteiger partial charge in [0.05, 0.1) is 6.54 Å². The molecule has 1 saturated carbocycles. The molecule has 5 heteroatoms. The Labute approximate surface area is 144 Å². The number of nitrogens with one attached hydrogen (secondary N) is 1. The van der Waals surface area contributed by atoms with E-state index < -0.39 is 0 Å². The highest BCUT2D eigenvalue weighted by atomic mass is 16.2. The summed E-state index contributed by atoms with van der Waals surface area (Å²) >= 11 is 0. The number of carbonyl (C=O) groups is 2. The Bertz CT molecular complexity index is 590. The fourth-order valence-electron chi connectivity index (χ4n) is 3.38. The molecule has 0 atom stereocenters. The molecular weight excluding hydrogens is 302 g/mol. The topological polar surface area (TPSA) is 52.7 Å². The fraction of sp³-hybridized carbons (Fsp3) is 0.579. The van der Waals surface area contributed by atoms with E-state index in [2.05, 4.69) is 17.1 Å². The third-order valence-corrected chi connectivity index (χ3v) is 5.18. The maximum atomic E-state index is 12.3. The van der Waals surface area contributed by atoms with Gasteiger partial charge in [-0.15, -0.1) is 0 Å². The summed E-state index contributed by atoms with van der Waals surface area (Å²) < 4.78 is 0. The van der Waals surface area contributed by atoms with Crippen molar-refractivity contribution in [2.24, 2.45) is 5.92 Å². The van der Waals surface area contributed by atoms with Gasteiger partial charge in [-0.3, -0.25) is 14.5 Å². The first kappa shape index (κ1) is 17.0. The van der Waals surface area contributed by atoms with Gasteiger partial charge < -0.3 is 10.2 Å². The molecule has 1 aromatic carbocycles. The second kappa shape index (κ2) is 7.79. The van der Waals surface area contributed by atoms with Gasteiger partial charge in [-0.05, 0) is 30.9 Å². The number of aryl methyl sites for hydroxylation is 1. The van der Waals surface area contributed by atoms with E-state index in [1.54, 1.807) is 0 Å². The van der Waals surface area contributed by atoms with E-state index in [0.717, 1.165) is 56.7 Å². The molecule has 5 nitrogen and oxygen atoms in total. The first-order chi connectivity index (χ1) is 11.7. The quantitative estimate of drug-likeness (QED) is 0.900. The van der Waals surface area contributed by atoms with Crippen LogP contribution in [0.15, 0.2) is 24.3 Å². The Morgan fingerprint density at radius 3 is 2.46 bits per heavy atom. The number of nitrogens with zero attached hydrogens (tertiary/aromatic N) is 2. The van der Waals surface area contributed by atoms with E-state index >= 15 is 0 Å². The number of rotatable bonds is 5. The predicted molar refractivity (Wildman–Crippen MR) is 94.8 cm³/mol. The van der Waals surface area contributed by atoms with Crippen molar-refractivity contribution in [1.82, 2.24) is 9.80 Å². The summed E-state index contributed by atoms with van der Waals surface area (Å²) in [6, 6.07) is 7.93. The second-order valence-corrected chi connectivity index (χ2v) is 6.79. The Balaban J connectivity index is 1.45. The zero-order chi connectivity index (χ0) is 16.9. The smallest absolute Gasteiger partial charge is 0.238 e. The van der Waals surface area contributed by atoms with Crippen LogP contribution < -0.4 is 5.32 Å². The van der Waals surface area contributed by atoms with E-state index in [0.29, 0.717) is 12.5 Å². The molecule has 0 unspecified atom stereocenters. The molecule has 24 heavy (non-hydrogen) atoms. The minimum absolute atomic E-state index is 0.0228. The molecular formula is C19H27N3O2. The number of benzene rings is 1. The molecule has 1 aliphatic carbocycles. The van der Waals surface area contributed by atoms with Crippen LogP contribution in [0.1, 0.15) is 31.7 Å². The molecule has 0 radical (unpaired) electrons. The minimum Gasteiger partial charge on any atom is -0.340 e. The van der Waals surface area contributed by atoms with Crippen LogP contribution in [0, 0.1) is 5.92 Å². The molecule has 3 rings (SSSR count). The molecule has 2 amide bonds. The monoisotopic (exact) mass is 329 g/mol. The summed E-state index contributed by atoms with van der Waals surface area (Å²) in [5, 5.41) is 3.02. The number of carbonyl (C=O) groups excluding carboxylic acids is 2. The minimum atomic E-state index is 0.0228. The molecule has 0 spiro atoms. The van der Waals surface area contributed by atoms with Crippen molar-refractivity contribution < 1.29 is 9.59 Å². The molecule has 1 aromatic rings. The van der Waals surface area contributed by atoms with Gasteiger partial charge in [-0.2, -0.15) is 0 Å². The van der Waals surface area contributed by atoms with Crippen LogP contribution in [-0.2, 0) is 16.0 Å². The number of piperazine rings is 1. The highest BCUT2D eigenvalue weighted by Crippen LogP contribution is 2.28. The Morgan fingerprint density at radius 2 is 1.83 bits per heavy atom. The van der Waals surface area contributed by atoms with E-state index in [1.165, 1.54) is 6.42 Å². The number of hydrogen-bond acceptors (Lipinski definition) is 3. The average Bonchev–Trinajstić information content (AvgIpc) is 2.54. The van der Waals surface area contributed by atoms with Gasteiger partial charge in [0.15, 0.2) is 0 Å². The first-order valence-electron chi connectivity index (χ1n) is 9.06. The number of para-hydroxylation sites is 1. The van der Waals surface area contributed by atoms with Crippen LogP contribution in [0.25, 0.3) is 0 Å². The molecule has 1 aliphatic heterocycles. The van der Waals surface area contributed by atoms with Crippen LogP contribution >= 0.6 is 0 Å². The first-order valence-corrected chi connectivity index (χ1v) is 9.06. The van der Waals surface area contributed by atoms with E-state index in [4.69, 9.17) is 0 Å².